The van der Waals surface area contributed by atoms with Gasteiger partial charge in [-0.2, -0.15) is 0 Å². The van der Waals surface area contributed by atoms with Gasteiger partial charge in [-0.1, -0.05) is 24.3 Å². The first kappa shape index (κ1) is 7.11. The van der Waals surface area contributed by atoms with E-state index in [-0.39, 0.29) is 0 Å². The Balaban J connectivity index is 1.73. The minimum Gasteiger partial charge on any atom is -0.310 e. The molecule has 60 valence electrons. The fourth-order valence-corrected chi connectivity index (χ4v) is 1.84. The van der Waals surface area contributed by atoms with Gasteiger partial charge in [0.05, 0.1) is 0 Å². The highest BCUT2D eigenvalue weighted by Gasteiger charge is 2.16. The van der Waals surface area contributed by atoms with E-state index < -0.39 is 0 Å². The van der Waals surface area contributed by atoms with E-state index in [0.29, 0.717) is 0 Å². The Kier molecular flexibility index (Phi) is 2.08. The fraction of sp³-hybridized carbons (Fsp3) is 0.600. The first-order valence-electron chi connectivity index (χ1n) is 4.51. The van der Waals surface area contributed by atoms with E-state index in [1.54, 1.807) is 0 Å². The van der Waals surface area contributed by atoms with Crippen LogP contribution in [0.5, 0.6) is 0 Å². The maximum absolute atomic E-state index is 3.65. The quantitative estimate of drug-likeness (QED) is 0.592. The van der Waals surface area contributed by atoms with Gasteiger partial charge in [-0.15, -0.1) is 0 Å². The Bertz CT molecular complexity index is 145. The molecule has 0 aliphatic heterocycles. The van der Waals surface area contributed by atoms with Gasteiger partial charge in [0.2, 0.25) is 0 Å². The van der Waals surface area contributed by atoms with Gasteiger partial charge >= 0.3 is 0 Å². The second kappa shape index (κ2) is 3.22. The van der Waals surface area contributed by atoms with Crippen molar-refractivity contribution in [1.82, 2.24) is 5.32 Å². The van der Waals surface area contributed by atoms with E-state index in [2.05, 4.69) is 29.6 Å². The summed E-state index contributed by atoms with van der Waals surface area (Å²) in [5, 5.41) is 3.65. The number of nitrogens with one attached hydrogen (secondary N) is 1. The molecular weight excluding hydrogens is 134 g/mol. The zero-order valence-electron chi connectivity index (χ0n) is 6.79. The van der Waals surface area contributed by atoms with Crippen LogP contribution in [0, 0.1) is 0 Å². The lowest BCUT2D eigenvalue weighted by Gasteiger charge is -2.17. The molecule has 0 bridgehead atoms. The number of rotatable bonds is 2. The second-order valence-corrected chi connectivity index (χ2v) is 3.45. The summed E-state index contributed by atoms with van der Waals surface area (Å²) in [6.45, 7) is 0. The molecule has 2 aliphatic carbocycles. The summed E-state index contributed by atoms with van der Waals surface area (Å²) in [6.07, 6.45) is 14.0. The van der Waals surface area contributed by atoms with Crippen LogP contribution in [0.2, 0.25) is 0 Å². The average molecular weight is 149 g/mol. The highest BCUT2D eigenvalue weighted by Crippen LogP contribution is 2.15. The van der Waals surface area contributed by atoms with Gasteiger partial charge in [0.15, 0.2) is 0 Å². The molecule has 0 aromatic heterocycles. The SMILES string of the molecule is C1=CCC(NC2CC=CC2)C1. The van der Waals surface area contributed by atoms with Gasteiger partial charge in [0.1, 0.15) is 0 Å². The molecule has 0 unspecified atom stereocenters. The molecule has 1 heteroatoms. The molecule has 0 aromatic rings. The van der Waals surface area contributed by atoms with E-state index in [4.69, 9.17) is 0 Å². The van der Waals surface area contributed by atoms with Crippen LogP contribution in [-0.4, -0.2) is 12.1 Å². The third kappa shape index (κ3) is 1.72. The smallest absolute Gasteiger partial charge is 0.0139 e. The predicted octanol–water partition coefficient (Wildman–Crippen LogP) is 2.01. The molecule has 0 heterocycles. The zero-order chi connectivity index (χ0) is 7.52. The van der Waals surface area contributed by atoms with E-state index >= 15 is 0 Å². The van der Waals surface area contributed by atoms with Crippen LogP contribution in [0.3, 0.4) is 0 Å². The van der Waals surface area contributed by atoms with E-state index in [9.17, 15) is 0 Å². The molecule has 0 aromatic carbocycles. The van der Waals surface area contributed by atoms with Crippen LogP contribution in [0.25, 0.3) is 0 Å². The summed E-state index contributed by atoms with van der Waals surface area (Å²) >= 11 is 0. The topological polar surface area (TPSA) is 12.0 Å². The number of hydrogen-bond acceptors (Lipinski definition) is 1. The van der Waals surface area contributed by atoms with Crippen molar-refractivity contribution in [1.29, 1.82) is 0 Å². The zero-order valence-corrected chi connectivity index (χ0v) is 6.79. The van der Waals surface area contributed by atoms with E-state index in [1.165, 1.54) is 25.7 Å². The minimum absolute atomic E-state index is 0.736. The van der Waals surface area contributed by atoms with Crippen LogP contribution in [0.4, 0.5) is 0 Å². The van der Waals surface area contributed by atoms with Crippen molar-refractivity contribution in [3.63, 3.8) is 0 Å². The summed E-state index contributed by atoms with van der Waals surface area (Å²) in [5.41, 5.74) is 0. The van der Waals surface area contributed by atoms with Gasteiger partial charge < -0.3 is 5.32 Å². The highest BCUT2D eigenvalue weighted by molar-refractivity contribution is 5.03. The molecule has 0 fully saturated rings. The highest BCUT2D eigenvalue weighted by atomic mass is 14.9. The monoisotopic (exact) mass is 149 g/mol. The molecule has 0 radical (unpaired) electrons. The normalized spacial score (nSPS) is 25.5. The van der Waals surface area contributed by atoms with Crippen LogP contribution in [0.15, 0.2) is 24.3 Å². The molecule has 0 spiro atoms. The van der Waals surface area contributed by atoms with Crippen molar-refractivity contribution in [3.8, 4) is 0 Å². The molecule has 2 rings (SSSR count). The summed E-state index contributed by atoms with van der Waals surface area (Å²) < 4.78 is 0. The third-order valence-corrected chi connectivity index (χ3v) is 2.49. The first-order valence-corrected chi connectivity index (χ1v) is 4.51. The van der Waals surface area contributed by atoms with Crippen molar-refractivity contribution in [2.75, 3.05) is 0 Å². The van der Waals surface area contributed by atoms with Crippen molar-refractivity contribution < 1.29 is 0 Å². The fourth-order valence-electron chi connectivity index (χ4n) is 1.84. The molecule has 0 saturated carbocycles. The second-order valence-electron chi connectivity index (χ2n) is 3.45. The van der Waals surface area contributed by atoms with Crippen LogP contribution < -0.4 is 5.32 Å². The Morgan fingerprint density at radius 2 is 1.09 bits per heavy atom. The maximum atomic E-state index is 3.65. The summed E-state index contributed by atoms with van der Waals surface area (Å²) in [4.78, 5) is 0. The van der Waals surface area contributed by atoms with Gasteiger partial charge in [-0.05, 0) is 25.7 Å². The van der Waals surface area contributed by atoms with Crippen molar-refractivity contribution in [2.24, 2.45) is 0 Å². The number of hydrogen-bond donors (Lipinski definition) is 1. The Labute approximate surface area is 68.2 Å². The first-order chi connectivity index (χ1) is 5.45. The lowest BCUT2D eigenvalue weighted by Crippen LogP contribution is -2.34. The molecule has 1 nitrogen and oxygen atoms in total. The van der Waals surface area contributed by atoms with Crippen molar-refractivity contribution in [2.45, 2.75) is 37.8 Å². The molecule has 11 heavy (non-hydrogen) atoms. The predicted molar refractivity (Wildman–Crippen MR) is 47.5 cm³/mol. The van der Waals surface area contributed by atoms with Gasteiger partial charge in [-0.25, -0.2) is 0 Å². The molecule has 0 amide bonds. The van der Waals surface area contributed by atoms with Gasteiger partial charge in [0.25, 0.3) is 0 Å². The minimum atomic E-state index is 0.736. The van der Waals surface area contributed by atoms with Crippen LogP contribution >= 0.6 is 0 Å². The standard InChI is InChI=1S/C10H15N/c1-2-6-9(5-1)11-10-7-3-4-8-10/h1-4,9-11H,5-8H2. The van der Waals surface area contributed by atoms with Crippen LogP contribution in [0.1, 0.15) is 25.7 Å². The van der Waals surface area contributed by atoms with Crippen molar-refractivity contribution >= 4 is 0 Å². The van der Waals surface area contributed by atoms with E-state index in [1.807, 2.05) is 0 Å². The lowest BCUT2D eigenvalue weighted by atomic mass is 10.1. The van der Waals surface area contributed by atoms with Gasteiger partial charge in [0, 0.05) is 12.1 Å². The summed E-state index contributed by atoms with van der Waals surface area (Å²) in [5.74, 6) is 0. The van der Waals surface area contributed by atoms with Crippen molar-refractivity contribution in [3.05, 3.63) is 24.3 Å². The lowest BCUT2D eigenvalue weighted by molar-refractivity contribution is 0.452. The Hall–Kier alpha value is -0.560. The average Bonchev–Trinajstić information content (AvgIpc) is 2.60. The van der Waals surface area contributed by atoms with E-state index in [0.717, 1.165) is 12.1 Å². The maximum Gasteiger partial charge on any atom is 0.0139 e. The largest absolute Gasteiger partial charge is 0.310 e. The summed E-state index contributed by atoms with van der Waals surface area (Å²) in [6, 6.07) is 1.47. The molecule has 0 saturated heterocycles. The molecule has 1 N–H and O–H groups in total. The van der Waals surface area contributed by atoms with Gasteiger partial charge in [-0.3, -0.25) is 0 Å². The Morgan fingerprint density at radius 3 is 1.45 bits per heavy atom. The molecule has 0 atom stereocenters. The summed E-state index contributed by atoms with van der Waals surface area (Å²) in [7, 11) is 0. The van der Waals surface area contributed by atoms with Crippen LogP contribution in [-0.2, 0) is 0 Å². The molecular formula is C10H15N. The third-order valence-electron chi connectivity index (χ3n) is 2.49. The Morgan fingerprint density at radius 1 is 0.727 bits per heavy atom. The molecule has 2 aliphatic rings.